The number of Topliss-reactive ketones (excluding diaryl/α,β-unsaturated/α-hetero) is 1. The van der Waals surface area contributed by atoms with Crippen molar-refractivity contribution in [3.63, 3.8) is 0 Å². The molecule has 7 atom stereocenters. The molecular weight excluding hydrogens is 454 g/mol. The van der Waals surface area contributed by atoms with Gasteiger partial charge in [-0.3, -0.25) is 9.59 Å². The van der Waals surface area contributed by atoms with Crippen molar-refractivity contribution in [3.8, 4) is 0 Å². The molecule has 0 amide bonds. The molecule has 1 aromatic rings. The largest absolute Gasteiger partial charge is 0.459 e. The Morgan fingerprint density at radius 3 is 2.56 bits per heavy atom. The lowest BCUT2D eigenvalue weighted by atomic mass is 9.73. The maximum Gasteiger partial charge on any atom is 0.308 e. The van der Waals surface area contributed by atoms with Crippen LogP contribution < -0.4 is 0 Å². The first-order valence-corrected chi connectivity index (χ1v) is 13.1. The van der Waals surface area contributed by atoms with E-state index in [1.54, 1.807) is 32.1 Å². The summed E-state index contributed by atoms with van der Waals surface area (Å²) < 4.78 is 12.1. The highest BCUT2D eigenvalue weighted by atomic mass is 32.1. The number of nitrogens with zero attached hydrogens (tertiary/aromatic N) is 1. The van der Waals surface area contributed by atoms with E-state index in [2.05, 4.69) is 4.98 Å². The molecule has 2 N–H and O–H groups in total. The van der Waals surface area contributed by atoms with Crippen molar-refractivity contribution in [2.75, 3.05) is 0 Å². The minimum absolute atomic E-state index is 0.0810. The highest BCUT2D eigenvalue weighted by Crippen LogP contribution is 2.35. The first kappa shape index (κ1) is 27.0. The fourth-order valence-corrected chi connectivity index (χ4v) is 5.57. The predicted octanol–water partition coefficient (Wildman–Crippen LogP) is 4.09. The van der Waals surface area contributed by atoms with Crippen molar-refractivity contribution in [1.29, 1.82) is 0 Å². The molecule has 2 fully saturated rings. The summed E-state index contributed by atoms with van der Waals surface area (Å²) >= 11 is 1.59. The van der Waals surface area contributed by atoms with E-state index in [0.717, 1.165) is 29.1 Å². The number of rotatable bonds is 2. The fraction of sp³-hybridized carbons (Fsp3) is 0.731. The zero-order valence-electron chi connectivity index (χ0n) is 21.1. The van der Waals surface area contributed by atoms with Crippen LogP contribution in [-0.2, 0) is 19.1 Å². The van der Waals surface area contributed by atoms with Crippen LogP contribution in [0.2, 0.25) is 0 Å². The van der Waals surface area contributed by atoms with Gasteiger partial charge in [0.2, 0.25) is 0 Å². The quantitative estimate of drug-likeness (QED) is 0.598. The Balaban J connectivity index is 1.79. The molecule has 0 spiro atoms. The number of aliphatic hydroxyl groups is 2. The van der Waals surface area contributed by atoms with Crippen molar-refractivity contribution in [2.45, 2.75) is 104 Å². The second-order valence-corrected chi connectivity index (χ2v) is 11.7. The number of ketones is 1. The van der Waals surface area contributed by atoms with E-state index in [9.17, 15) is 19.8 Å². The fourth-order valence-electron chi connectivity index (χ4n) is 5.00. The molecule has 2 aliphatic rings. The SMILES string of the molecule is C/C(=C\c1csc(C)n1)[C@H]1C[C@H]2OC(=O)C[C@@H](O)C(C)(C)C(=O)[C@H](C)[C@H](O)[C@H](C)CCC[C@H]2O1. The van der Waals surface area contributed by atoms with Crippen LogP contribution in [0.3, 0.4) is 0 Å². The zero-order valence-corrected chi connectivity index (χ0v) is 21.9. The molecule has 8 heteroatoms. The van der Waals surface area contributed by atoms with E-state index >= 15 is 0 Å². The molecular formula is C26H39NO6S. The molecule has 2 aliphatic heterocycles. The Morgan fingerprint density at radius 1 is 1.21 bits per heavy atom. The minimum Gasteiger partial charge on any atom is -0.459 e. The second-order valence-electron chi connectivity index (χ2n) is 10.6. The van der Waals surface area contributed by atoms with E-state index in [4.69, 9.17) is 9.47 Å². The molecule has 7 nitrogen and oxygen atoms in total. The molecule has 2 saturated heterocycles. The number of esters is 1. The Morgan fingerprint density at radius 2 is 1.91 bits per heavy atom. The Kier molecular flexibility index (Phi) is 8.71. The number of hydrogen-bond donors (Lipinski definition) is 2. The number of carbonyl (C=O) groups is 2. The van der Waals surface area contributed by atoms with E-state index in [-0.39, 0.29) is 30.3 Å². The van der Waals surface area contributed by atoms with Crippen LogP contribution in [-0.4, -0.2) is 57.5 Å². The average molecular weight is 494 g/mol. The topological polar surface area (TPSA) is 106 Å². The van der Waals surface area contributed by atoms with Gasteiger partial charge in [-0.2, -0.15) is 0 Å². The van der Waals surface area contributed by atoms with Crippen LogP contribution in [0.1, 0.15) is 77.4 Å². The first-order chi connectivity index (χ1) is 15.9. The van der Waals surface area contributed by atoms with E-state index in [1.165, 1.54) is 0 Å². The summed E-state index contributed by atoms with van der Waals surface area (Å²) in [5.74, 6) is -1.50. The monoisotopic (exact) mass is 493 g/mol. The summed E-state index contributed by atoms with van der Waals surface area (Å²) in [6, 6.07) is 0. The third kappa shape index (κ3) is 6.14. The molecule has 0 radical (unpaired) electrons. The minimum atomic E-state index is -1.20. The maximum absolute atomic E-state index is 13.1. The number of carbonyl (C=O) groups excluding carboxylic acids is 2. The van der Waals surface area contributed by atoms with Crippen LogP contribution in [0, 0.1) is 24.2 Å². The summed E-state index contributed by atoms with van der Waals surface area (Å²) in [7, 11) is 0. The van der Waals surface area contributed by atoms with Gasteiger partial charge in [-0.05, 0) is 44.3 Å². The normalized spacial score (nSPS) is 36.0. The number of hydrogen-bond acceptors (Lipinski definition) is 8. The van der Waals surface area contributed by atoms with Gasteiger partial charge in [0.25, 0.3) is 0 Å². The summed E-state index contributed by atoms with van der Waals surface area (Å²) in [6.45, 7) is 10.9. The van der Waals surface area contributed by atoms with Crippen LogP contribution in [0.5, 0.6) is 0 Å². The van der Waals surface area contributed by atoms with Crippen molar-refractivity contribution in [1.82, 2.24) is 4.98 Å². The highest BCUT2D eigenvalue weighted by molar-refractivity contribution is 7.09. The third-order valence-corrected chi connectivity index (χ3v) is 8.28. The molecule has 1 aromatic heterocycles. The van der Waals surface area contributed by atoms with Gasteiger partial charge in [0.1, 0.15) is 11.9 Å². The summed E-state index contributed by atoms with van der Waals surface area (Å²) in [5, 5.41) is 24.6. The van der Waals surface area contributed by atoms with Gasteiger partial charge in [0.15, 0.2) is 0 Å². The van der Waals surface area contributed by atoms with Crippen molar-refractivity contribution in [2.24, 2.45) is 17.3 Å². The van der Waals surface area contributed by atoms with E-state index < -0.39 is 35.6 Å². The maximum atomic E-state index is 13.1. The van der Waals surface area contributed by atoms with E-state index in [0.29, 0.717) is 12.8 Å². The molecule has 3 heterocycles. The molecule has 0 unspecified atom stereocenters. The van der Waals surface area contributed by atoms with Gasteiger partial charge in [0.05, 0.1) is 47.0 Å². The van der Waals surface area contributed by atoms with Crippen LogP contribution >= 0.6 is 11.3 Å². The average Bonchev–Trinajstić information content (AvgIpc) is 3.36. The van der Waals surface area contributed by atoms with Gasteiger partial charge in [-0.15, -0.1) is 11.3 Å². The Hall–Kier alpha value is -1.61. The van der Waals surface area contributed by atoms with Crippen molar-refractivity contribution >= 4 is 29.2 Å². The standard InChI is InChI=1S/C26H39NO6S/c1-14-8-7-9-19-21(11-20(32-19)15(2)10-18-13-34-17(4)27-18)33-23(29)12-22(28)26(5,6)25(31)16(3)24(14)30/h10,13-14,16,19-22,24,28,30H,7-9,11-12H2,1-6H3/b15-10+/t14-,16-,19-,20-,21-,22-,24-/m1/s1. The molecule has 190 valence electrons. The highest BCUT2D eigenvalue weighted by Gasteiger charge is 2.44. The van der Waals surface area contributed by atoms with Gasteiger partial charge in [-0.25, -0.2) is 4.98 Å². The summed E-state index contributed by atoms with van der Waals surface area (Å²) in [6.07, 6.45) is 1.57. The number of aliphatic hydroxyl groups excluding tert-OH is 2. The van der Waals surface area contributed by atoms with Gasteiger partial charge < -0.3 is 19.7 Å². The number of aromatic nitrogens is 1. The Labute approximate surface area is 206 Å². The van der Waals surface area contributed by atoms with Gasteiger partial charge in [0, 0.05) is 17.7 Å². The molecule has 0 bridgehead atoms. The lowest BCUT2D eigenvalue weighted by Gasteiger charge is -2.34. The van der Waals surface area contributed by atoms with Crippen LogP contribution in [0.15, 0.2) is 11.0 Å². The van der Waals surface area contributed by atoms with Gasteiger partial charge >= 0.3 is 5.97 Å². The summed E-state index contributed by atoms with van der Waals surface area (Å²) in [5.41, 5.74) is 0.740. The zero-order chi connectivity index (χ0) is 25.2. The molecule has 0 saturated carbocycles. The first-order valence-electron chi connectivity index (χ1n) is 12.3. The molecule has 34 heavy (non-hydrogen) atoms. The van der Waals surface area contributed by atoms with Crippen LogP contribution in [0.25, 0.3) is 6.08 Å². The lowest BCUT2D eigenvalue weighted by Crippen LogP contribution is -2.46. The van der Waals surface area contributed by atoms with Gasteiger partial charge in [-0.1, -0.05) is 34.1 Å². The van der Waals surface area contributed by atoms with Crippen LogP contribution in [0.4, 0.5) is 0 Å². The van der Waals surface area contributed by atoms with E-state index in [1.807, 2.05) is 32.2 Å². The molecule has 3 rings (SSSR count). The van der Waals surface area contributed by atoms with Crippen molar-refractivity contribution in [3.05, 3.63) is 21.7 Å². The van der Waals surface area contributed by atoms with Crippen molar-refractivity contribution < 1.29 is 29.3 Å². The number of aryl methyl sites for hydroxylation is 1. The predicted molar refractivity (Wildman–Crippen MR) is 131 cm³/mol. The molecule has 0 aliphatic carbocycles. The number of ether oxygens (including phenoxy) is 2. The summed E-state index contributed by atoms with van der Waals surface area (Å²) in [4.78, 5) is 30.3. The number of thiazole rings is 1. The number of fused-ring (bicyclic) bond motifs is 1. The smallest absolute Gasteiger partial charge is 0.308 e. The lowest BCUT2D eigenvalue weighted by molar-refractivity contribution is -0.158. The second kappa shape index (κ2) is 11.0. The molecule has 0 aromatic carbocycles. The third-order valence-electron chi connectivity index (χ3n) is 7.49. The Bertz CT molecular complexity index is 909.